The summed E-state index contributed by atoms with van der Waals surface area (Å²) in [6.45, 7) is 3.70. The predicted octanol–water partition coefficient (Wildman–Crippen LogP) is 2.00. The quantitative estimate of drug-likeness (QED) is 0.891. The topological polar surface area (TPSA) is 55.0 Å². The molecule has 1 aromatic carbocycles. The van der Waals surface area contributed by atoms with Gasteiger partial charge < -0.3 is 5.73 Å². The molecule has 0 atom stereocenters. The number of aromatic nitrogens is 2. The fraction of sp³-hybridized carbons (Fsp3) is 0.286. The molecule has 0 saturated heterocycles. The van der Waals surface area contributed by atoms with E-state index in [1.165, 1.54) is 11.1 Å². The summed E-state index contributed by atoms with van der Waals surface area (Å²) in [4.78, 5) is 10.6. The number of aryl methyl sites for hydroxylation is 1. The Bertz CT molecular complexity index is 525. The molecule has 0 aliphatic carbocycles. The Kier molecular flexibility index (Phi) is 3.89. The monoisotopic (exact) mass is 242 g/mol. The van der Waals surface area contributed by atoms with Crippen molar-refractivity contribution in [2.45, 2.75) is 20.0 Å². The number of hydrogen-bond acceptors (Lipinski definition) is 4. The minimum Gasteiger partial charge on any atom is -0.384 e. The van der Waals surface area contributed by atoms with Crippen molar-refractivity contribution in [1.29, 1.82) is 0 Å². The smallest absolute Gasteiger partial charge is 0.144 e. The summed E-state index contributed by atoms with van der Waals surface area (Å²) < 4.78 is 0. The first-order chi connectivity index (χ1) is 8.65. The SMILES string of the molecule is Cc1ccccc1CN(C)Cc1nccc(N)n1. The van der Waals surface area contributed by atoms with Gasteiger partial charge in [0.2, 0.25) is 0 Å². The van der Waals surface area contributed by atoms with Gasteiger partial charge in [-0.05, 0) is 31.2 Å². The fourth-order valence-electron chi connectivity index (χ4n) is 1.87. The second-order valence-electron chi connectivity index (χ2n) is 4.50. The highest BCUT2D eigenvalue weighted by Gasteiger charge is 2.05. The molecule has 2 rings (SSSR count). The molecule has 2 aromatic rings. The van der Waals surface area contributed by atoms with Crippen molar-refractivity contribution in [1.82, 2.24) is 14.9 Å². The van der Waals surface area contributed by atoms with E-state index in [1.54, 1.807) is 12.3 Å². The van der Waals surface area contributed by atoms with Crippen LogP contribution in [0.4, 0.5) is 5.82 Å². The number of anilines is 1. The molecule has 0 radical (unpaired) electrons. The van der Waals surface area contributed by atoms with Gasteiger partial charge in [-0.1, -0.05) is 24.3 Å². The van der Waals surface area contributed by atoms with E-state index in [0.29, 0.717) is 12.4 Å². The second-order valence-corrected chi connectivity index (χ2v) is 4.50. The lowest BCUT2D eigenvalue weighted by Crippen LogP contribution is -2.19. The Balaban J connectivity index is 2.01. The average molecular weight is 242 g/mol. The molecule has 1 aromatic heterocycles. The number of nitrogens with zero attached hydrogens (tertiary/aromatic N) is 3. The molecule has 4 nitrogen and oxygen atoms in total. The molecule has 0 bridgehead atoms. The summed E-state index contributed by atoms with van der Waals surface area (Å²) in [5.41, 5.74) is 8.27. The minimum atomic E-state index is 0.518. The van der Waals surface area contributed by atoms with Crippen LogP contribution in [0.1, 0.15) is 17.0 Å². The van der Waals surface area contributed by atoms with Gasteiger partial charge >= 0.3 is 0 Å². The first-order valence-corrected chi connectivity index (χ1v) is 5.95. The molecule has 4 heteroatoms. The van der Waals surface area contributed by atoms with Gasteiger partial charge in [-0.2, -0.15) is 0 Å². The van der Waals surface area contributed by atoms with Gasteiger partial charge in [0.25, 0.3) is 0 Å². The van der Waals surface area contributed by atoms with E-state index in [1.807, 2.05) is 0 Å². The molecule has 0 aliphatic heterocycles. The van der Waals surface area contributed by atoms with Crippen molar-refractivity contribution in [3.63, 3.8) is 0 Å². The molecule has 94 valence electrons. The lowest BCUT2D eigenvalue weighted by atomic mass is 10.1. The lowest BCUT2D eigenvalue weighted by Gasteiger charge is -2.17. The number of hydrogen-bond donors (Lipinski definition) is 1. The Hall–Kier alpha value is -1.94. The summed E-state index contributed by atoms with van der Waals surface area (Å²) in [5.74, 6) is 1.27. The predicted molar refractivity (Wildman–Crippen MR) is 72.8 cm³/mol. The second kappa shape index (κ2) is 5.60. The molecule has 0 aliphatic rings. The zero-order valence-corrected chi connectivity index (χ0v) is 10.8. The van der Waals surface area contributed by atoms with Crippen LogP contribution in [0.3, 0.4) is 0 Å². The Morgan fingerprint density at radius 3 is 2.67 bits per heavy atom. The number of nitrogens with two attached hydrogens (primary N) is 1. The van der Waals surface area contributed by atoms with Gasteiger partial charge in [0.05, 0.1) is 6.54 Å². The summed E-state index contributed by atoms with van der Waals surface area (Å²) in [7, 11) is 2.05. The Labute approximate surface area is 107 Å². The van der Waals surface area contributed by atoms with E-state index >= 15 is 0 Å². The van der Waals surface area contributed by atoms with Gasteiger partial charge in [0.1, 0.15) is 11.6 Å². The van der Waals surface area contributed by atoms with Crippen LogP contribution in [0, 0.1) is 6.92 Å². The van der Waals surface area contributed by atoms with E-state index < -0.39 is 0 Å². The van der Waals surface area contributed by atoms with Crippen LogP contribution < -0.4 is 5.73 Å². The highest BCUT2D eigenvalue weighted by Crippen LogP contribution is 2.10. The van der Waals surface area contributed by atoms with Crippen LogP contribution in [-0.2, 0) is 13.1 Å². The van der Waals surface area contributed by atoms with Crippen molar-refractivity contribution in [3.05, 3.63) is 53.5 Å². The number of nitrogen functional groups attached to an aromatic ring is 1. The first kappa shape index (κ1) is 12.5. The van der Waals surface area contributed by atoms with Gasteiger partial charge in [-0.3, -0.25) is 4.90 Å². The van der Waals surface area contributed by atoms with E-state index in [2.05, 4.69) is 53.1 Å². The Morgan fingerprint density at radius 1 is 1.17 bits per heavy atom. The van der Waals surface area contributed by atoms with Gasteiger partial charge in [0.15, 0.2) is 0 Å². The van der Waals surface area contributed by atoms with Crippen molar-refractivity contribution >= 4 is 5.82 Å². The molecule has 2 N–H and O–H groups in total. The molecule has 0 unspecified atom stereocenters. The molecule has 0 saturated carbocycles. The molecule has 0 amide bonds. The van der Waals surface area contributed by atoms with Gasteiger partial charge in [-0.15, -0.1) is 0 Å². The number of rotatable bonds is 4. The summed E-state index contributed by atoms with van der Waals surface area (Å²) in [5, 5.41) is 0. The van der Waals surface area contributed by atoms with Crippen molar-refractivity contribution in [2.75, 3.05) is 12.8 Å². The largest absolute Gasteiger partial charge is 0.384 e. The van der Waals surface area contributed by atoms with Gasteiger partial charge in [0, 0.05) is 12.7 Å². The average Bonchev–Trinajstić information content (AvgIpc) is 2.32. The maximum atomic E-state index is 5.64. The van der Waals surface area contributed by atoms with E-state index in [9.17, 15) is 0 Å². The Morgan fingerprint density at radius 2 is 1.94 bits per heavy atom. The van der Waals surface area contributed by atoms with E-state index in [0.717, 1.165) is 12.4 Å². The first-order valence-electron chi connectivity index (χ1n) is 5.95. The van der Waals surface area contributed by atoms with E-state index in [-0.39, 0.29) is 0 Å². The highest BCUT2D eigenvalue weighted by molar-refractivity contribution is 5.26. The number of benzene rings is 1. The molecule has 0 spiro atoms. The lowest BCUT2D eigenvalue weighted by molar-refractivity contribution is 0.310. The zero-order valence-electron chi connectivity index (χ0n) is 10.8. The maximum Gasteiger partial charge on any atom is 0.144 e. The standard InChI is InChI=1S/C14H18N4/c1-11-5-3-4-6-12(11)9-18(2)10-14-16-8-7-13(15)17-14/h3-8H,9-10H2,1-2H3,(H2,15,16,17). The third-order valence-electron chi connectivity index (χ3n) is 2.84. The zero-order chi connectivity index (χ0) is 13.0. The molecular formula is C14H18N4. The molecular weight excluding hydrogens is 224 g/mol. The highest BCUT2D eigenvalue weighted by atomic mass is 15.1. The maximum absolute atomic E-state index is 5.64. The van der Waals surface area contributed by atoms with Crippen LogP contribution in [-0.4, -0.2) is 21.9 Å². The van der Waals surface area contributed by atoms with Crippen molar-refractivity contribution < 1.29 is 0 Å². The summed E-state index contributed by atoms with van der Waals surface area (Å²) in [6.07, 6.45) is 1.69. The van der Waals surface area contributed by atoms with Crippen LogP contribution in [0.15, 0.2) is 36.5 Å². The van der Waals surface area contributed by atoms with Crippen molar-refractivity contribution in [3.8, 4) is 0 Å². The third kappa shape index (κ3) is 3.28. The minimum absolute atomic E-state index is 0.518. The summed E-state index contributed by atoms with van der Waals surface area (Å²) in [6, 6.07) is 10.1. The summed E-state index contributed by atoms with van der Waals surface area (Å²) >= 11 is 0. The third-order valence-corrected chi connectivity index (χ3v) is 2.84. The van der Waals surface area contributed by atoms with Crippen LogP contribution >= 0.6 is 0 Å². The normalized spacial score (nSPS) is 10.8. The van der Waals surface area contributed by atoms with Gasteiger partial charge in [-0.25, -0.2) is 9.97 Å². The van der Waals surface area contributed by atoms with Crippen LogP contribution in [0.25, 0.3) is 0 Å². The van der Waals surface area contributed by atoms with E-state index in [4.69, 9.17) is 5.73 Å². The molecule has 0 fully saturated rings. The molecule has 18 heavy (non-hydrogen) atoms. The van der Waals surface area contributed by atoms with Crippen molar-refractivity contribution in [2.24, 2.45) is 0 Å². The van der Waals surface area contributed by atoms with Crippen LogP contribution in [0.2, 0.25) is 0 Å². The fourth-order valence-corrected chi connectivity index (χ4v) is 1.87. The molecule has 1 heterocycles. The van der Waals surface area contributed by atoms with Crippen LogP contribution in [0.5, 0.6) is 0 Å².